The highest BCUT2D eigenvalue weighted by Crippen LogP contribution is 2.12. The van der Waals surface area contributed by atoms with E-state index in [0.717, 1.165) is 0 Å². The van der Waals surface area contributed by atoms with Crippen LogP contribution in [0.15, 0.2) is 18.3 Å². The molecule has 2 rings (SSSR count). The minimum atomic E-state index is -0.253. The zero-order valence-electron chi connectivity index (χ0n) is 8.39. The van der Waals surface area contributed by atoms with Gasteiger partial charge in [0.25, 0.3) is 5.91 Å². The molecule has 1 saturated heterocycles. The highest BCUT2D eigenvalue weighted by molar-refractivity contribution is 5.93. The van der Waals surface area contributed by atoms with Crippen LogP contribution in [0.25, 0.3) is 0 Å². The van der Waals surface area contributed by atoms with Crippen molar-refractivity contribution in [2.75, 3.05) is 13.1 Å². The molecule has 1 aliphatic rings. The molecule has 1 aromatic heterocycles. The first-order valence-electron chi connectivity index (χ1n) is 5.07. The molecule has 0 bridgehead atoms. The van der Waals surface area contributed by atoms with Crippen molar-refractivity contribution in [2.45, 2.75) is 18.9 Å². The summed E-state index contributed by atoms with van der Waals surface area (Å²) in [6.07, 6.45) is 5.23. The van der Waals surface area contributed by atoms with E-state index in [2.05, 4.69) is 11.2 Å². The molecule has 0 aromatic carbocycles. The SMILES string of the molecule is O=C(c1cc[c]nc1)N1CCC(O)CC1. The molecule has 1 N–H and O–H groups in total. The van der Waals surface area contributed by atoms with E-state index in [9.17, 15) is 9.90 Å². The number of amides is 1. The first-order chi connectivity index (χ1) is 7.27. The summed E-state index contributed by atoms with van der Waals surface area (Å²) in [5.41, 5.74) is 0.588. The summed E-state index contributed by atoms with van der Waals surface area (Å²) in [6.45, 7) is 1.25. The maximum atomic E-state index is 11.9. The summed E-state index contributed by atoms with van der Waals surface area (Å²) in [4.78, 5) is 17.4. The highest BCUT2D eigenvalue weighted by atomic mass is 16.3. The predicted octanol–water partition coefficient (Wildman–Crippen LogP) is 0.479. The topological polar surface area (TPSA) is 53.4 Å². The minimum absolute atomic E-state index is 0.0107. The van der Waals surface area contributed by atoms with Gasteiger partial charge in [-0.15, -0.1) is 0 Å². The monoisotopic (exact) mass is 205 g/mol. The molecule has 1 fully saturated rings. The van der Waals surface area contributed by atoms with Gasteiger partial charge >= 0.3 is 0 Å². The molecule has 2 heterocycles. The molecule has 79 valence electrons. The molecule has 15 heavy (non-hydrogen) atoms. The lowest BCUT2D eigenvalue weighted by Crippen LogP contribution is -2.40. The van der Waals surface area contributed by atoms with Crippen LogP contribution in [0.3, 0.4) is 0 Å². The number of nitrogens with zero attached hydrogens (tertiary/aromatic N) is 2. The lowest BCUT2D eigenvalue weighted by Gasteiger charge is -2.29. The van der Waals surface area contributed by atoms with Gasteiger partial charge in [0.05, 0.1) is 17.9 Å². The number of carbonyl (C=O) groups excluding carboxylic acids is 1. The van der Waals surface area contributed by atoms with E-state index in [1.165, 1.54) is 6.20 Å². The van der Waals surface area contributed by atoms with Crippen molar-refractivity contribution >= 4 is 5.91 Å². The van der Waals surface area contributed by atoms with E-state index in [0.29, 0.717) is 31.5 Å². The van der Waals surface area contributed by atoms with Gasteiger partial charge in [-0.1, -0.05) is 0 Å². The normalized spacial score (nSPS) is 17.8. The quantitative estimate of drug-likeness (QED) is 0.725. The summed E-state index contributed by atoms with van der Waals surface area (Å²) < 4.78 is 0. The van der Waals surface area contributed by atoms with E-state index in [1.807, 2.05) is 0 Å². The van der Waals surface area contributed by atoms with Crippen molar-refractivity contribution < 1.29 is 9.90 Å². The molecule has 0 atom stereocenters. The van der Waals surface area contributed by atoms with Gasteiger partial charge in [-0.05, 0) is 25.0 Å². The number of likely N-dealkylation sites (tertiary alicyclic amines) is 1. The van der Waals surface area contributed by atoms with Gasteiger partial charge < -0.3 is 10.0 Å². The first-order valence-corrected chi connectivity index (χ1v) is 5.07. The molecule has 1 amide bonds. The lowest BCUT2D eigenvalue weighted by molar-refractivity contribution is 0.0546. The first kappa shape index (κ1) is 10.1. The summed E-state index contributed by atoms with van der Waals surface area (Å²) in [7, 11) is 0. The van der Waals surface area contributed by atoms with Gasteiger partial charge in [-0.25, -0.2) is 0 Å². The summed E-state index contributed by atoms with van der Waals surface area (Å²) >= 11 is 0. The van der Waals surface area contributed by atoms with E-state index in [-0.39, 0.29) is 12.0 Å². The highest BCUT2D eigenvalue weighted by Gasteiger charge is 2.21. The van der Waals surface area contributed by atoms with Crippen molar-refractivity contribution in [1.82, 2.24) is 9.88 Å². The Morgan fingerprint density at radius 1 is 1.53 bits per heavy atom. The molecule has 0 aliphatic carbocycles. The van der Waals surface area contributed by atoms with Crippen LogP contribution in [-0.2, 0) is 0 Å². The number of aliphatic hydroxyl groups is 1. The number of aliphatic hydroxyl groups excluding tert-OH is 1. The number of pyridine rings is 1. The van der Waals surface area contributed by atoms with Gasteiger partial charge in [0.2, 0.25) is 0 Å². The Kier molecular flexibility index (Phi) is 2.97. The zero-order valence-corrected chi connectivity index (χ0v) is 8.39. The van der Waals surface area contributed by atoms with Crippen molar-refractivity contribution in [3.05, 3.63) is 30.1 Å². The third kappa shape index (κ3) is 2.33. The van der Waals surface area contributed by atoms with Crippen LogP contribution in [0.1, 0.15) is 23.2 Å². The van der Waals surface area contributed by atoms with Gasteiger partial charge in [0.15, 0.2) is 0 Å². The molecule has 1 aromatic rings. The molecule has 4 nitrogen and oxygen atoms in total. The number of carbonyl (C=O) groups is 1. The van der Waals surface area contributed by atoms with Crippen molar-refractivity contribution in [2.24, 2.45) is 0 Å². The fraction of sp³-hybridized carbons (Fsp3) is 0.455. The Labute approximate surface area is 88.6 Å². The maximum absolute atomic E-state index is 11.9. The number of rotatable bonds is 1. The summed E-state index contributed by atoms with van der Waals surface area (Å²) in [5, 5.41) is 9.32. The number of hydrogen-bond donors (Lipinski definition) is 1. The lowest BCUT2D eigenvalue weighted by atomic mass is 10.1. The number of aromatic nitrogens is 1. The minimum Gasteiger partial charge on any atom is -0.393 e. The van der Waals surface area contributed by atoms with Crippen LogP contribution in [0.4, 0.5) is 0 Å². The molecule has 0 saturated carbocycles. The second-order valence-corrected chi connectivity index (χ2v) is 3.70. The third-order valence-corrected chi connectivity index (χ3v) is 2.61. The Hall–Kier alpha value is -1.42. The Morgan fingerprint density at radius 2 is 2.27 bits per heavy atom. The Morgan fingerprint density at radius 3 is 2.87 bits per heavy atom. The van der Waals surface area contributed by atoms with E-state index < -0.39 is 0 Å². The second kappa shape index (κ2) is 4.40. The standard InChI is InChI=1S/C11H13N2O2/c14-10-3-6-13(7-4-10)11(15)9-2-1-5-12-8-9/h1-2,8,10,14H,3-4,6-7H2. The Bertz CT molecular complexity index is 332. The average Bonchev–Trinajstić information content (AvgIpc) is 2.30. The molecule has 4 heteroatoms. The zero-order chi connectivity index (χ0) is 10.7. The van der Waals surface area contributed by atoms with Crippen LogP contribution in [-0.4, -0.2) is 40.1 Å². The average molecular weight is 205 g/mol. The van der Waals surface area contributed by atoms with Crippen LogP contribution in [0.2, 0.25) is 0 Å². The van der Waals surface area contributed by atoms with E-state index in [1.54, 1.807) is 17.0 Å². The van der Waals surface area contributed by atoms with Crippen molar-refractivity contribution in [3.8, 4) is 0 Å². The van der Waals surface area contributed by atoms with Crippen LogP contribution in [0, 0.1) is 6.20 Å². The number of piperidine rings is 1. The smallest absolute Gasteiger partial charge is 0.255 e. The van der Waals surface area contributed by atoms with Crippen molar-refractivity contribution in [1.29, 1.82) is 0 Å². The van der Waals surface area contributed by atoms with Gasteiger partial charge in [-0.2, -0.15) is 0 Å². The molecule has 1 radical (unpaired) electrons. The maximum Gasteiger partial charge on any atom is 0.255 e. The molecular weight excluding hydrogens is 192 g/mol. The molecule has 0 unspecified atom stereocenters. The summed E-state index contributed by atoms with van der Waals surface area (Å²) in [5.74, 6) is -0.0107. The second-order valence-electron chi connectivity index (χ2n) is 3.70. The Balaban J connectivity index is 2.03. The fourth-order valence-electron chi connectivity index (χ4n) is 1.70. The van der Waals surface area contributed by atoms with Crippen LogP contribution < -0.4 is 0 Å². The largest absolute Gasteiger partial charge is 0.393 e. The van der Waals surface area contributed by atoms with Crippen molar-refractivity contribution in [3.63, 3.8) is 0 Å². The van der Waals surface area contributed by atoms with Crippen LogP contribution >= 0.6 is 0 Å². The van der Waals surface area contributed by atoms with Gasteiger partial charge in [-0.3, -0.25) is 9.78 Å². The van der Waals surface area contributed by atoms with Crippen LogP contribution in [0.5, 0.6) is 0 Å². The molecule has 1 aliphatic heterocycles. The molecular formula is C11H13N2O2. The van der Waals surface area contributed by atoms with Gasteiger partial charge in [0.1, 0.15) is 0 Å². The summed E-state index contributed by atoms with van der Waals surface area (Å²) in [6, 6.07) is 3.34. The van der Waals surface area contributed by atoms with Gasteiger partial charge in [0, 0.05) is 19.3 Å². The predicted molar refractivity (Wildman–Crippen MR) is 54.2 cm³/mol. The third-order valence-electron chi connectivity index (χ3n) is 2.61. The van der Waals surface area contributed by atoms with E-state index in [4.69, 9.17) is 0 Å². The molecule has 0 spiro atoms. The van der Waals surface area contributed by atoms with E-state index >= 15 is 0 Å². The number of hydrogen-bond acceptors (Lipinski definition) is 3. The fourth-order valence-corrected chi connectivity index (χ4v) is 1.70.